The first-order chi connectivity index (χ1) is 12.1. The third-order valence-electron chi connectivity index (χ3n) is 4.58. The van der Waals surface area contributed by atoms with Crippen LogP contribution in [0.2, 0.25) is 0 Å². The molecule has 2 rings (SSSR count). The van der Waals surface area contributed by atoms with Gasteiger partial charge in [-0.05, 0) is 24.8 Å². The van der Waals surface area contributed by atoms with E-state index >= 15 is 0 Å². The Hall–Kier alpha value is -2.62. The van der Waals surface area contributed by atoms with Gasteiger partial charge in [0.2, 0.25) is 0 Å². The maximum Gasteiger partial charge on any atom is 0.256 e. The SMILES string of the molecule is CN(CC[C@@H]1C=C(C#N)C(=O)C(C)(C)C1)C(=O)c1cc(F)c(F)cc1F. The van der Waals surface area contributed by atoms with Crippen LogP contribution >= 0.6 is 0 Å². The summed E-state index contributed by atoms with van der Waals surface area (Å²) in [7, 11) is 1.43. The highest BCUT2D eigenvalue weighted by molar-refractivity contribution is 6.03. The molecule has 0 spiro atoms. The predicted molar refractivity (Wildman–Crippen MR) is 88.5 cm³/mol. The Kier molecular flexibility index (Phi) is 5.55. The van der Waals surface area contributed by atoms with Crippen molar-refractivity contribution in [2.24, 2.45) is 11.3 Å². The van der Waals surface area contributed by atoms with Crippen LogP contribution in [-0.4, -0.2) is 30.2 Å². The van der Waals surface area contributed by atoms with Crippen molar-refractivity contribution in [3.05, 3.63) is 46.8 Å². The Morgan fingerprint density at radius 3 is 2.50 bits per heavy atom. The summed E-state index contributed by atoms with van der Waals surface area (Å²) in [5, 5.41) is 9.09. The average Bonchev–Trinajstić information content (AvgIpc) is 2.57. The van der Waals surface area contributed by atoms with Gasteiger partial charge in [-0.25, -0.2) is 13.2 Å². The first-order valence-electron chi connectivity index (χ1n) is 8.13. The van der Waals surface area contributed by atoms with E-state index in [1.54, 1.807) is 19.9 Å². The third kappa shape index (κ3) is 3.96. The van der Waals surface area contributed by atoms with Crippen LogP contribution in [0.5, 0.6) is 0 Å². The molecule has 0 aliphatic heterocycles. The molecule has 138 valence electrons. The minimum Gasteiger partial charge on any atom is -0.342 e. The molecule has 0 N–H and O–H groups in total. The van der Waals surface area contributed by atoms with E-state index in [1.807, 2.05) is 6.07 Å². The first kappa shape index (κ1) is 19.7. The normalized spacial score (nSPS) is 18.9. The number of carbonyl (C=O) groups is 2. The van der Waals surface area contributed by atoms with Gasteiger partial charge in [0.25, 0.3) is 5.91 Å². The van der Waals surface area contributed by atoms with Gasteiger partial charge < -0.3 is 4.90 Å². The molecule has 0 saturated carbocycles. The lowest BCUT2D eigenvalue weighted by molar-refractivity contribution is -0.124. The van der Waals surface area contributed by atoms with Crippen LogP contribution in [0.15, 0.2) is 23.8 Å². The number of carbonyl (C=O) groups excluding carboxylic acids is 2. The molecule has 0 saturated heterocycles. The number of ketones is 1. The number of hydrogen-bond donors (Lipinski definition) is 0. The summed E-state index contributed by atoms with van der Waals surface area (Å²) in [6, 6.07) is 2.78. The van der Waals surface area contributed by atoms with Crippen molar-refractivity contribution in [3.8, 4) is 6.07 Å². The van der Waals surface area contributed by atoms with Crippen molar-refractivity contribution in [1.82, 2.24) is 4.90 Å². The fourth-order valence-electron chi connectivity index (χ4n) is 3.11. The molecule has 1 amide bonds. The van der Waals surface area contributed by atoms with E-state index in [-0.39, 0.29) is 23.8 Å². The topological polar surface area (TPSA) is 61.2 Å². The molecule has 7 heteroatoms. The molecule has 1 atom stereocenters. The standard InChI is InChI=1S/C19H19F3N2O2/c1-19(2)9-11(6-12(10-23)17(19)25)4-5-24(3)18(26)13-7-15(21)16(22)8-14(13)20/h6-8,11H,4-5,9H2,1-3H3/t11-/m1/s1. The number of hydrogen-bond acceptors (Lipinski definition) is 3. The molecule has 0 aromatic heterocycles. The van der Waals surface area contributed by atoms with Gasteiger partial charge in [-0.1, -0.05) is 19.9 Å². The predicted octanol–water partition coefficient (Wildman–Crippen LogP) is 3.63. The van der Waals surface area contributed by atoms with Crippen molar-refractivity contribution in [2.75, 3.05) is 13.6 Å². The molecule has 26 heavy (non-hydrogen) atoms. The number of nitriles is 1. The number of halogens is 3. The highest BCUT2D eigenvalue weighted by atomic mass is 19.2. The van der Waals surface area contributed by atoms with E-state index in [1.165, 1.54) is 11.9 Å². The number of nitrogens with zero attached hydrogens (tertiary/aromatic N) is 2. The Morgan fingerprint density at radius 1 is 1.27 bits per heavy atom. The molecule has 1 aliphatic carbocycles. The summed E-state index contributed by atoms with van der Waals surface area (Å²) >= 11 is 0. The molecular formula is C19H19F3N2O2. The summed E-state index contributed by atoms with van der Waals surface area (Å²) in [5.74, 6) is -4.84. The van der Waals surface area contributed by atoms with Crippen LogP contribution in [-0.2, 0) is 4.79 Å². The van der Waals surface area contributed by atoms with E-state index in [4.69, 9.17) is 5.26 Å². The van der Waals surface area contributed by atoms with E-state index in [0.29, 0.717) is 25.0 Å². The summed E-state index contributed by atoms with van der Waals surface area (Å²) in [6.45, 7) is 3.73. The van der Waals surface area contributed by atoms with Crippen molar-refractivity contribution in [1.29, 1.82) is 5.26 Å². The lowest BCUT2D eigenvalue weighted by Gasteiger charge is -2.32. The van der Waals surface area contributed by atoms with Gasteiger partial charge >= 0.3 is 0 Å². The smallest absolute Gasteiger partial charge is 0.256 e. The molecular weight excluding hydrogens is 345 g/mol. The summed E-state index contributed by atoms with van der Waals surface area (Å²) in [4.78, 5) is 25.6. The molecule has 1 aromatic rings. The molecule has 0 heterocycles. The van der Waals surface area contributed by atoms with Crippen LogP contribution in [0.25, 0.3) is 0 Å². The highest BCUT2D eigenvalue weighted by Gasteiger charge is 2.37. The number of benzene rings is 1. The highest BCUT2D eigenvalue weighted by Crippen LogP contribution is 2.36. The Balaban J connectivity index is 2.09. The Bertz CT molecular complexity index is 825. The molecule has 1 aromatic carbocycles. The molecule has 0 radical (unpaired) electrons. The second-order valence-corrected chi connectivity index (χ2v) is 7.13. The number of Topliss-reactive ketones (excluding diaryl/α,β-unsaturated/α-hetero) is 1. The zero-order valence-corrected chi connectivity index (χ0v) is 14.8. The zero-order chi connectivity index (χ0) is 19.6. The van der Waals surface area contributed by atoms with Gasteiger partial charge in [-0.15, -0.1) is 0 Å². The Labute approximate surface area is 149 Å². The van der Waals surface area contributed by atoms with Gasteiger partial charge in [-0.3, -0.25) is 9.59 Å². The minimum absolute atomic E-state index is 0.0950. The number of allylic oxidation sites excluding steroid dienone is 2. The second-order valence-electron chi connectivity index (χ2n) is 7.13. The maximum absolute atomic E-state index is 13.7. The van der Waals surface area contributed by atoms with Crippen molar-refractivity contribution >= 4 is 11.7 Å². The fourth-order valence-corrected chi connectivity index (χ4v) is 3.11. The Morgan fingerprint density at radius 2 is 1.88 bits per heavy atom. The summed E-state index contributed by atoms with van der Waals surface area (Å²) < 4.78 is 40.0. The van der Waals surface area contributed by atoms with Crippen LogP contribution in [0.3, 0.4) is 0 Å². The van der Waals surface area contributed by atoms with Gasteiger partial charge in [0.1, 0.15) is 11.9 Å². The molecule has 0 unspecified atom stereocenters. The number of amides is 1. The average molecular weight is 364 g/mol. The molecule has 0 bridgehead atoms. The third-order valence-corrected chi connectivity index (χ3v) is 4.58. The monoisotopic (exact) mass is 364 g/mol. The van der Waals surface area contributed by atoms with E-state index in [2.05, 4.69) is 0 Å². The van der Waals surface area contributed by atoms with Gasteiger partial charge in [0.15, 0.2) is 17.4 Å². The molecule has 4 nitrogen and oxygen atoms in total. The second kappa shape index (κ2) is 7.32. The quantitative estimate of drug-likeness (QED) is 0.767. The van der Waals surface area contributed by atoms with Crippen molar-refractivity contribution in [2.45, 2.75) is 26.7 Å². The van der Waals surface area contributed by atoms with E-state index < -0.39 is 34.3 Å². The van der Waals surface area contributed by atoms with Crippen molar-refractivity contribution < 1.29 is 22.8 Å². The minimum atomic E-state index is -1.36. The van der Waals surface area contributed by atoms with Gasteiger partial charge in [0.05, 0.1) is 11.1 Å². The molecule has 1 aliphatic rings. The van der Waals surface area contributed by atoms with Gasteiger partial charge in [-0.2, -0.15) is 5.26 Å². The van der Waals surface area contributed by atoms with E-state index in [0.717, 1.165) is 0 Å². The van der Waals surface area contributed by atoms with E-state index in [9.17, 15) is 22.8 Å². The maximum atomic E-state index is 13.7. The number of rotatable bonds is 4. The summed E-state index contributed by atoms with van der Waals surface area (Å²) in [5.41, 5.74) is -1.11. The fraction of sp³-hybridized carbons (Fsp3) is 0.421. The summed E-state index contributed by atoms with van der Waals surface area (Å²) in [6.07, 6.45) is 2.58. The zero-order valence-electron chi connectivity index (χ0n) is 14.8. The van der Waals surface area contributed by atoms with Crippen LogP contribution in [0, 0.1) is 40.1 Å². The largest absolute Gasteiger partial charge is 0.342 e. The van der Waals surface area contributed by atoms with Crippen LogP contribution in [0.4, 0.5) is 13.2 Å². The lowest BCUT2D eigenvalue weighted by Crippen LogP contribution is -2.34. The molecule has 0 fully saturated rings. The van der Waals surface area contributed by atoms with Crippen LogP contribution < -0.4 is 0 Å². The first-order valence-corrected chi connectivity index (χ1v) is 8.13. The lowest BCUT2D eigenvalue weighted by atomic mass is 9.71. The van der Waals surface area contributed by atoms with Gasteiger partial charge in [0, 0.05) is 25.1 Å². The van der Waals surface area contributed by atoms with Crippen LogP contribution in [0.1, 0.15) is 37.0 Å². The van der Waals surface area contributed by atoms with Crippen molar-refractivity contribution in [3.63, 3.8) is 0 Å².